The molecule has 4 heterocycles. The number of carbonyl (C=O) groups is 1. The monoisotopic (exact) mass is 480 g/mol. The third-order valence-corrected chi connectivity index (χ3v) is 6.52. The summed E-state index contributed by atoms with van der Waals surface area (Å²) in [5, 5.41) is 11.5. The van der Waals surface area contributed by atoms with Gasteiger partial charge in [-0.25, -0.2) is 24.0 Å². The Morgan fingerprint density at radius 3 is 2.76 bits per heavy atom. The van der Waals surface area contributed by atoms with Gasteiger partial charge in [0.2, 0.25) is 0 Å². The van der Waals surface area contributed by atoms with Crippen LogP contribution in [0.2, 0.25) is 0 Å². The van der Waals surface area contributed by atoms with E-state index in [9.17, 15) is 4.79 Å². The zero-order valence-corrected chi connectivity index (χ0v) is 18.8. The van der Waals surface area contributed by atoms with Gasteiger partial charge in [-0.15, -0.1) is 12.4 Å². The lowest BCUT2D eigenvalue weighted by Crippen LogP contribution is -2.35. The number of nitrogens with two attached hydrogens (primary N) is 1. The van der Waals surface area contributed by atoms with E-state index in [1.165, 1.54) is 12.4 Å². The molecule has 1 aliphatic carbocycles. The van der Waals surface area contributed by atoms with E-state index in [2.05, 4.69) is 25.6 Å². The first-order valence-electron chi connectivity index (χ1n) is 10.8. The maximum Gasteiger partial charge on any atom is 0.256 e. The second-order valence-electron chi connectivity index (χ2n) is 8.53. The Kier molecular flexibility index (Phi) is 5.62. The normalized spacial score (nSPS) is 20.9. The minimum absolute atomic E-state index is 0. The van der Waals surface area contributed by atoms with E-state index in [4.69, 9.17) is 10.8 Å². The van der Waals surface area contributed by atoms with Crippen LogP contribution in [0.1, 0.15) is 29.2 Å². The summed E-state index contributed by atoms with van der Waals surface area (Å²) in [5.41, 5.74) is 7.56. The number of nitrogens with one attached hydrogen (secondary N) is 2. The van der Waals surface area contributed by atoms with Crippen LogP contribution in [-0.2, 0) is 0 Å². The summed E-state index contributed by atoms with van der Waals surface area (Å²) in [7, 11) is 0. The van der Waals surface area contributed by atoms with Gasteiger partial charge in [0.25, 0.3) is 5.91 Å². The molecule has 11 heteroatoms. The average molecular weight is 481 g/mol. The quantitative estimate of drug-likeness (QED) is 0.409. The van der Waals surface area contributed by atoms with Crippen molar-refractivity contribution in [2.75, 3.05) is 17.6 Å². The number of hydrogen-bond donors (Lipinski definition) is 3. The molecular formula is C23H22ClFN8O. The third kappa shape index (κ3) is 3.64. The highest BCUT2D eigenvalue weighted by Crippen LogP contribution is 2.42. The molecule has 6 rings (SSSR count). The largest absolute Gasteiger partial charge is 0.383 e. The highest BCUT2D eigenvalue weighted by atomic mass is 35.5. The van der Waals surface area contributed by atoms with Crippen LogP contribution in [0, 0.1) is 11.7 Å². The van der Waals surface area contributed by atoms with Crippen molar-refractivity contribution in [3.05, 3.63) is 60.3 Å². The molecule has 2 bridgehead atoms. The highest BCUT2D eigenvalue weighted by molar-refractivity contribution is 6.04. The molecule has 4 aromatic rings. The van der Waals surface area contributed by atoms with Crippen molar-refractivity contribution in [1.29, 1.82) is 0 Å². The lowest BCUT2D eigenvalue weighted by Gasteiger charge is -2.23. The fourth-order valence-electron chi connectivity index (χ4n) is 4.98. The maximum absolute atomic E-state index is 15.3. The Morgan fingerprint density at radius 2 is 2.06 bits per heavy atom. The number of hydrogen-bond acceptors (Lipinski definition) is 7. The molecule has 3 atom stereocenters. The van der Waals surface area contributed by atoms with E-state index in [1.54, 1.807) is 36.5 Å². The van der Waals surface area contributed by atoms with Crippen molar-refractivity contribution in [3.63, 3.8) is 0 Å². The van der Waals surface area contributed by atoms with E-state index >= 15 is 4.39 Å². The van der Waals surface area contributed by atoms with Crippen LogP contribution >= 0.6 is 12.4 Å². The smallest absolute Gasteiger partial charge is 0.256 e. The molecule has 0 spiro atoms. The van der Waals surface area contributed by atoms with Crippen molar-refractivity contribution in [3.8, 4) is 11.3 Å². The summed E-state index contributed by atoms with van der Waals surface area (Å²) in [4.78, 5) is 25.1. The Hall–Kier alpha value is -3.63. The minimum atomic E-state index is -0.579. The van der Waals surface area contributed by atoms with Crippen molar-refractivity contribution >= 4 is 41.0 Å². The Labute approximate surface area is 200 Å². The van der Waals surface area contributed by atoms with E-state index in [-0.39, 0.29) is 35.4 Å². The summed E-state index contributed by atoms with van der Waals surface area (Å²) < 4.78 is 17.2. The molecule has 9 nitrogen and oxygen atoms in total. The van der Waals surface area contributed by atoms with Gasteiger partial charge < -0.3 is 16.4 Å². The second-order valence-corrected chi connectivity index (χ2v) is 8.53. The summed E-state index contributed by atoms with van der Waals surface area (Å²) in [6.45, 7) is 1.01. The number of fused-ring (bicyclic) bond motifs is 3. The van der Waals surface area contributed by atoms with Crippen LogP contribution in [0.3, 0.4) is 0 Å². The summed E-state index contributed by atoms with van der Waals surface area (Å²) in [6, 6.07) is 9.89. The minimum Gasteiger partial charge on any atom is -0.383 e. The van der Waals surface area contributed by atoms with Crippen LogP contribution in [0.25, 0.3) is 22.3 Å². The van der Waals surface area contributed by atoms with Crippen LogP contribution in [0.15, 0.2) is 48.9 Å². The van der Waals surface area contributed by atoms with Gasteiger partial charge in [-0.05, 0) is 55.6 Å². The Morgan fingerprint density at radius 1 is 1.18 bits per heavy atom. The van der Waals surface area contributed by atoms with Gasteiger partial charge in [0.05, 0.1) is 11.4 Å². The molecular weight excluding hydrogens is 459 g/mol. The predicted octanol–water partition coefficient (Wildman–Crippen LogP) is 3.21. The SMILES string of the molecule is Cl.Nc1ncnc2c1c(-c1ccc(C(=O)Nc3ccccn3)cc1F)nn2[C@H]1C[C@@H]2CN[C@H]1C2. The third-order valence-electron chi connectivity index (χ3n) is 6.52. The van der Waals surface area contributed by atoms with Crippen molar-refractivity contribution in [2.45, 2.75) is 24.9 Å². The van der Waals surface area contributed by atoms with Gasteiger partial charge in [-0.3, -0.25) is 4.79 Å². The Bertz CT molecular complexity index is 1380. The van der Waals surface area contributed by atoms with Gasteiger partial charge in [-0.1, -0.05) is 6.07 Å². The lowest BCUT2D eigenvalue weighted by molar-refractivity contribution is 0.102. The molecule has 2 fully saturated rings. The maximum atomic E-state index is 15.3. The predicted molar refractivity (Wildman–Crippen MR) is 128 cm³/mol. The molecule has 1 saturated carbocycles. The molecule has 0 radical (unpaired) electrons. The highest BCUT2D eigenvalue weighted by Gasteiger charge is 2.42. The second kappa shape index (κ2) is 8.62. The van der Waals surface area contributed by atoms with Gasteiger partial charge in [0.1, 0.15) is 29.5 Å². The number of nitrogen functional groups attached to an aromatic ring is 1. The molecule has 2 aliphatic rings. The molecule has 0 unspecified atom stereocenters. The number of nitrogens with zero attached hydrogens (tertiary/aromatic N) is 5. The number of rotatable bonds is 4. The van der Waals surface area contributed by atoms with Gasteiger partial charge >= 0.3 is 0 Å². The first kappa shape index (κ1) is 22.2. The topological polar surface area (TPSA) is 124 Å². The number of pyridine rings is 1. The summed E-state index contributed by atoms with van der Waals surface area (Å²) in [5.74, 6) is 0.209. The van der Waals surface area contributed by atoms with Crippen molar-refractivity contribution < 1.29 is 9.18 Å². The molecule has 4 N–H and O–H groups in total. The first-order chi connectivity index (χ1) is 16.1. The van der Waals surface area contributed by atoms with Crippen molar-refractivity contribution in [2.24, 2.45) is 5.92 Å². The van der Waals surface area contributed by atoms with Gasteiger partial charge in [0, 0.05) is 23.4 Å². The number of amides is 1. The van der Waals surface area contributed by atoms with Crippen LogP contribution in [-0.4, -0.2) is 43.2 Å². The van der Waals surface area contributed by atoms with Gasteiger partial charge in [-0.2, -0.15) is 5.10 Å². The standard InChI is InChI=1S/C23H21FN8O.ClH/c24-15-9-13(23(33)30-18-3-1-2-6-26-18)4-5-14(15)20-19-21(25)28-11-29-22(19)32(31-20)17-8-12-7-16(17)27-10-12;/h1-6,9,11-12,16-17,27H,7-8,10H2,(H2,25,28,29)(H,26,30,33);1H/t12-,16+,17+;/m1./s1. The van der Waals surface area contributed by atoms with Crippen molar-refractivity contribution in [1.82, 2.24) is 30.0 Å². The number of halogens is 2. The zero-order valence-electron chi connectivity index (χ0n) is 18.0. The van der Waals surface area contributed by atoms with Crippen LogP contribution in [0.5, 0.6) is 0 Å². The molecule has 1 amide bonds. The van der Waals surface area contributed by atoms with Crippen LogP contribution < -0.4 is 16.4 Å². The van der Waals surface area contributed by atoms with E-state index in [0.29, 0.717) is 34.5 Å². The average Bonchev–Trinajstić information content (AvgIpc) is 3.54. The molecule has 174 valence electrons. The summed E-state index contributed by atoms with van der Waals surface area (Å²) in [6.07, 6.45) is 5.06. The Balaban J connectivity index is 0.00000241. The first-order valence-corrected chi connectivity index (χ1v) is 10.8. The molecule has 3 aromatic heterocycles. The number of aromatic nitrogens is 5. The van der Waals surface area contributed by atoms with E-state index in [1.807, 2.05) is 4.68 Å². The fraction of sp³-hybridized carbons (Fsp3) is 0.261. The molecule has 1 aromatic carbocycles. The number of anilines is 2. The zero-order chi connectivity index (χ0) is 22.5. The molecule has 1 aliphatic heterocycles. The number of benzene rings is 1. The van der Waals surface area contributed by atoms with Gasteiger partial charge in [0.15, 0.2) is 5.65 Å². The molecule has 1 saturated heterocycles. The fourth-order valence-corrected chi connectivity index (χ4v) is 4.98. The van der Waals surface area contributed by atoms with E-state index in [0.717, 1.165) is 19.4 Å². The van der Waals surface area contributed by atoms with E-state index < -0.39 is 11.7 Å². The van der Waals surface area contributed by atoms with Crippen LogP contribution in [0.4, 0.5) is 16.0 Å². The summed E-state index contributed by atoms with van der Waals surface area (Å²) >= 11 is 0. The number of carbonyl (C=O) groups excluding carboxylic acids is 1. The molecule has 34 heavy (non-hydrogen) atoms. The lowest BCUT2D eigenvalue weighted by atomic mass is 10.1. The number of piperidine rings is 1.